The molecule has 26 heavy (non-hydrogen) atoms. The van der Waals surface area contributed by atoms with Crippen LogP contribution < -0.4 is 10.1 Å². The summed E-state index contributed by atoms with van der Waals surface area (Å²) in [7, 11) is 1.88. The van der Waals surface area contributed by atoms with Crippen LogP contribution in [0.2, 0.25) is 0 Å². The number of anilines is 1. The Balaban J connectivity index is 1.53. The summed E-state index contributed by atoms with van der Waals surface area (Å²) in [5.74, 6) is 0.154. The van der Waals surface area contributed by atoms with E-state index in [4.69, 9.17) is 4.74 Å². The molecule has 3 rings (SSSR count). The minimum Gasteiger partial charge on any atom is -0.423 e. The molecule has 1 amide bonds. The maximum atomic E-state index is 12.1. The van der Waals surface area contributed by atoms with Gasteiger partial charge in [0.25, 0.3) is 0 Å². The van der Waals surface area contributed by atoms with Crippen molar-refractivity contribution in [1.29, 1.82) is 0 Å². The van der Waals surface area contributed by atoms with Gasteiger partial charge in [0, 0.05) is 25.1 Å². The average molecular weight is 367 g/mol. The van der Waals surface area contributed by atoms with Crippen molar-refractivity contribution >= 4 is 29.3 Å². The van der Waals surface area contributed by atoms with Gasteiger partial charge >= 0.3 is 5.97 Å². The van der Waals surface area contributed by atoms with Gasteiger partial charge in [0.15, 0.2) is 5.16 Å². The first-order chi connectivity index (χ1) is 12.6. The first-order valence-corrected chi connectivity index (χ1v) is 8.87. The maximum absolute atomic E-state index is 12.1. The number of imidazole rings is 1. The summed E-state index contributed by atoms with van der Waals surface area (Å²) in [6.07, 6.45) is 3.51. The van der Waals surface area contributed by atoms with Crippen molar-refractivity contribution in [3.05, 3.63) is 72.6 Å². The van der Waals surface area contributed by atoms with Crippen molar-refractivity contribution in [2.75, 3.05) is 11.1 Å². The molecule has 0 unspecified atom stereocenters. The van der Waals surface area contributed by atoms with E-state index in [2.05, 4.69) is 10.3 Å². The van der Waals surface area contributed by atoms with E-state index in [1.165, 1.54) is 11.8 Å². The van der Waals surface area contributed by atoms with Gasteiger partial charge in [0.05, 0.1) is 11.3 Å². The minimum atomic E-state index is -0.445. The number of carbonyl (C=O) groups excluding carboxylic acids is 2. The number of hydrogen-bond acceptors (Lipinski definition) is 5. The molecular formula is C19H17N3O3S. The highest BCUT2D eigenvalue weighted by molar-refractivity contribution is 7.99. The molecule has 0 spiro atoms. The Kier molecular flexibility index (Phi) is 5.70. The third-order valence-corrected chi connectivity index (χ3v) is 4.53. The minimum absolute atomic E-state index is 0.141. The second-order valence-electron chi connectivity index (χ2n) is 5.44. The third kappa shape index (κ3) is 4.73. The summed E-state index contributed by atoms with van der Waals surface area (Å²) < 4.78 is 7.13. The van der Waals surface area contributed by atoms with Gasteiger partial charge in [-0.15, -0.1) is 0 Å². The fourth-order valence-corrected chi connectivity index (χ4v) is 2.89. The summed E-state index contributed by atoms with van der Waals surface area (Å²) in [6.45, 7) is 0. The fourth-order valence-electron chi connectivity index (χ4n) is 2.16. The molecule has 0 saturated carbocycles. The highest BCUT2D eigenvalue weighted by Crippen LogP contribution is 2.17. The van der Waals surface area contributed by atoms with Crippen molar-refractivity contribution in [1.82, 2.24) is 9.55 Å². The van der Waals surface area contributed by atoms with Gasteiger partial charge in [-0.05, 0) is 36.4 Å². The number of rotatable bonds is 6. The van der Waals surface area contributed by atoms with Gasteiger partial charge in [0.2, 0.25) is 5.91 Å². The number of thioether (sulfide) groups is 1. The normalized spacial score (nSPS) is 10.3. The number of hydrogen-bond donors (Lipinski definition) is 1. The fraction of sp³-hybridized carbons (Fsp3) is 0.105. The van der Waals surface area contributed by atoms with Crippen molar-refractivity contribution in [3.63, 3.8) is 0 Å². The van der Waals surface area contributed by atoms with E-state index < -0.39 is 5.97 Å². The smallest absolute Gasteiger partial charge is 0.343 e. The SMILES string of the molecule is Cn1ccnc1SCC(=O)Nc1ccc(C(=O)Oc2ccccc2)cc1. The standard InChI is InChI=1S/C19H17N3O3S/c1-22-12-11-20-19(22)26-13-17(23)21-15-9-7-14(8-10-15)18(24)25-16-5-3-2-4-6-16/h2-12H,13H2,1H3,(H,21,23). The van der Waals surface area contributed by atoms with Crippen LogP contribution in [0.4, 0.5) is 5.69 Å². The Hall–Kier alpha value is -3.06. The lowest BCUT2D eigenvalue weighted by Crippen LogP contribution is -2.15. The van der Waals surface area contributed by atoms with Gasteiger partial charge in [-0.3, -0.25) is 4.79 Å². The van der Waals surface area contributed by atoms with Crippen molar-refractivity contribution in [2.24, 2.45) is 7.05 Å². The zero-order valence-electron chi connectivity index (χ0n) is 14.1. The molecule has 1 N–H and O–H groups in total. The zero-order valence-corrected chi connectivity index (χ0v) is 14.9. The second kappa shape index (κ2) is 8.35. The topological polar surface area (TPSA) is 73.2 Å². The second-order valence-corrected chi connectivity index (χ2v) is 6.38. The van der Waals surface area contributed by atoms with Crippen LogP contribution in [0.25, 0.3) is 0 Å². The molecular weight excluding hydrogens is 350 g/mol. The molecule has 3 aromatic rings. The molecule has 0 aliphatic carbocycles. The molecule has 0 aliphatic heterocycles. The number of amides is 1. The van der Waals surface area contributed by atoms with Crippen LogP contribution in [0.15, 0.2) is 72.1 Å². The molecule has 0 bridgehead atoms. The first kappa shape index (κ1) is 17.8. The van der Waals surface area contributed by atoms with E-state index in [1.54, 1.807) is 54.7 Å². The Bertz CT molecular complexity index is 892. The number of ether oxygens (including phenoxy) is 1. The highest BCUT2D eigenvalue weighted by atomic mass is 32.2. The van der Waals surface area contributed by atoms with Crippen LogP contribution in [-0.4, -0.2) is 27.2 Å². The monoisotopic (exact) mass is 367 g/mol. The number of nitrogens with one attached hydrogen (secondary N) is 1. The Morgan fingerprint density at radius 3 is 2.50 bits per heavy atom. The largest absolute Gasteiger partial charge is 0.423 e. The van der Waals surface area contributed by atoms with E-state index in [-0.39, 0.29) is 11.7 Å². The average Bonchev–Trinajstić information content (AvgIpc) is 3.06. The molecule has 0 radical (unpaired) electrons. The molecule has 7 heteroatoms. The first-order valence-electron chi connectivity index (χ1n) is 7.89. The number of benzene rings is 2. The van der Waals surface area contributed by atoms with Crippen LogP contribution in [0, 0.1) is 0 Å². The molecule has 1 aromatic heterocycles. The zero-order chi connectivity index (χ0) is 18.4. The number of para-hydroxylation sites is 1. The van der Waals surface area contributed by atoms with Crippen molar-refractivity contribution < 1.29 is 14.3 Å². The molecule has 0 atom stereocenters. The molecule has 1 heterocycles. The van der Waals surface area contributed by atoms with Crippen LogP contribution in [0.3, 0.4) is 0 Å². The van der Waals surface area contributed by atoms with E-state index in [0.717, 1.165) is 5.16 Å². The highest BCUT2D eigenvalue weighted by Gasteiger charge is 2.10. The predicted octanol–water partition coefficient (Wildman–Crippen LogP) is 3.37. The van der Waals surface area contributed by atoms with Gasteiger partial charge in [-0.25, -0.2) is 9.78 Å². The third-order valence-electron chi connectivity index (χ3n) is 3.47. The van der Waals surface area contributed by atoms with Gasteiger partial charge < -0.3 is 14.6 Å². The summed E-state index contributed by atoms with van der Waals surface area (Å²) >= 11 is 1.36. The Labute approximate surface area is 155 Å². The van der Waals surface area contributed by atoms with Gasteiger partial charge in [-0.2, -0.15) is 0 Å². The number of aryl methyl sites for hydroxylation is 1. The van der Waals surface area contributed by atoms with E-state index in [9.17, 15) is 9.59 Å². The molecule has 132 valence electrons. The Morgan fingerprint density at radius 2 is 1.85 bits per heavy atom. The number of nitrogens with zero attached hydrogens (tertiary/aromatic N) is 2. The number of aromatic nitrogens is 2. The van der Waals surface area contributed by atoms with E-state index in [0.29, 0.717) is 17.0 Å². The Morgan fingerprint density at radius 1 is 1.12 bits per heavy atom. The maximum Gasteiger partial charge on any atom is 0.343 e. The van der Waals surface area contributed by atoms with E-state index >= 15 is 0 Å². The van der Waals surface area contributed by atoms with Gasteiger partial charge in [-0.1, -0.05) is 30.0 Å². The molecule has 6 nitrogen and oxygen atoms in total. The lowest BCUT2D eigenvalue weighted by Gasteiger charge is -2.07. The quantitative estimate of drug-likeness (QED) is 0.411. The summed E-state index contributed by atoms with van der Waals surface area (Å²) in [5.41, 5.74) is 1.03. The van der Waals surface area contributed by atoms with E-state index in [1.807, 2.05) is 23.9 Å². The van der Waals surface area contributed by atoms with Crippen LogP contribution in [0.5, 0.6) is 5.75 Å². The molecule has 2 aromatic carbocycles. The van der Waals surface area contributed by atoms with Crippen LogP contribution in [0.1, 0.15) is 10.4 Å². The van der Waals surface area contributed by atoms with Crippen LogP contribution >= 0.6 is 11.8 Å². The van der Waals surface area contributed by atoms with Crippen molar-refractivity contribution in [3.8, 4) is 5.75 Å². The van der Waals surface area contributed by atoms with Crippen LogP contribution in [-0.2, 0) is 11.8 Å². The summed E-state index contributed by atoms with van der Waals surface area (Å²) in [4.78, 5) is 28.3. The molecule has 0 fully saturated rings. The predicted molar refractivity (Wildman–Crippen MR) is 100 cm³/mol. The lowest BCUT2D eigenvalue weighted by molar-refractivity contribution is -0.113. The number of carbonyl (C=O) groups is 2. The number of esters is 1. The van der Waals surface area contributed by atoms with Crippen molar-refractivity contribution in [2.45, 2.75) is 5.16 Å². The summed E-state index contributed by atoms with van der Waals surface area (Å²) in [6, 6.07) is 15.4. The lowest BCUT2D eigenvalue weighted by atomic mass is 10.2. The summed E-state index contributed by atoms with van der Waals surface area (Å²) in [5, 5.41) is 3.57. The van der Waals surface area contributed by atoms with Gasteiger partial charge in [0.1, 0.15) is 5.75 Å². The molecule has 0 aliphatic rings. The molecule has 0 saturated heterocycles.